The number of aryl methyl sites for hydroxylation is 1. The van der Waals surface area contributed by atoms with Crippen molar-refractivity contribution in [2.75, 3.05) is 37.5 Å². The van der Waals surface area contributed by atoms with Crippen molar-refractivity contribution in [1.29, 1.82) is 0 Å². The Kier molecular flexibility index (Phi) is 5.41. The maximum Gasteiger partial charge on any atom is 0.322 e. The van der Waals surface area contributed by atoms with Crippen LogP contribution in [0.25, 0.3) is 0 Å². The molecule has 0 spiro atoms. The molecule has 142 valence electrons. The topological polar surface area (TPSA) is 79.9 Å². The van der Waals surface area contributed by atoms with E-state index in [0.29, 0.717) is 40.9 Å². The van der Waals surface area contributed by atoms with Gasteiger partial charge in [0.15, 0.2) is 0 Å². The molecule has 0 radical (unpaired) electrons. The van der Waals surface area contributed by atoms with Crippen molar-refractivity contribution in [3.63, 3.8) is 0 Å². The number of hydrogen-bond acceptors (Lipinski definition) is 4. The van der Waals surface area contributed by atoms with Gasteiger partial charge in [0.05, 0.1) is 24.9 Å². The van der Waals surface area contributed by atoms with E-state index in [1.54, 1.807) is 35.2 Å². The van der Waals surface area contributed by atoms with E-state index >= 15 is 0 Å². The zero-order valence-corrected chi connectivity index (χ0v) is 16.0. The number of methoxy groups -OCH3 is 2. The molecule has 0 bridgehead atoms. The predicted molar refractivity (Wildman–Crippen MR) is 104 cm³/mol. The van der Waals surface area contributed by atoms with Crippen molar-refractivity contribution in [2.24, 2.45) is 0 Å². The minimum absolute atomic E-state index is 0.132. The Balaban J connectivity index is 1.84. The van der Waals surface area contributed by atoms with Gasteiger partial charge in [-0.2, -0.15) is 0 Å². The molecule has 2 aromatic carbocycles. The molecule has 8 heteroatoms. The number of carbonyl (C=O) groups excluding carboxylic acids is 2. The number of nitrogens with zero attached hydrogens (tertiary/aromatic N) is 1. The predicted octanol–water partition coefficient (Wildman–Crippen LogP) is 3.45. The molecule has 0 atom stereocenters. The van der Waals surface area contributed by atoms with Crippen LogP contribution in [0.2, 0.25) is 5.02 Å². The van der Waals surface area contributed by atoms with E-state index in [0.717, 1.165) is 11.3 Å². The first kappa shape index (κ1) is 18.8. The smallest absolute Gasteiger partial charge is 0.322 e. The number of ether oxygens (including phenoxy) is 2. The van der Waals surface area contributed by atoms with E-state index in [9.17, 15) is 9.59 Å². The third-order valence-electron chi connectivity index (χ3n) is 4.33. The fraction of sp³-hybridized carbons (Fsp3) is 0.263. The van der Waals surface area contributed by atoms with Crippen LogP contribution >= 0.6 is 11.6 Å². The summed E-state index contributed by atoms with van der Waals surface area (Å²) in [6.45, 7) is 3.08. The SMILES string of the molecule is COc1cc(OC)c(NC(=O)c2ccc(N3CCNC3=O)c(C)c2)cc1Cl. The number of rotatable bonds is 5. The third kappa shape index (κ3) is 3.78. The molecule has 0 unspecified atom stereocenters. The molecule has 1 fully saturated rings. The first-order valence-electron chi connectivity index (χ1n) is 8.33. The van der Waals surface area contributed by atoms with Crippen LogP contribution in [0.5, 0.6) is 11.5 Å². The van der Waals surface area contributed by atoms with Crippen molar-refractivity contribution in [3.05, 3.63) is 46.5 Å². The summed E-state index contributed by atoms with van der Waals surface area (Å²) in [5.41, 5.74) is 2.52. The Hall–Kier alpha value is -2.93. The largest absolute Gasteiger partial charge is 0.495 e. The molecular weight excluding hydrogens is 370 g/mol. The second-order valence-corrected chi connectivity index (χ2v) is 6.43. The maximum atomic E-state index is 12.7. The fourth-order valence-electron chi connectivity index (χ4n) is 2.95. The number of hydrogen-bond donors (Lipinski definition) is 2. The number of urea groups is 1. The van der Waals surface area contributed by atoms with Gasteiger partial charge in [0, 0.05) is 30.4 Å². The second-order valence-electron chi connectivity index (χ2n) is 6.03. The molecule has 1 aliphatic heterocycles. The lowest BCUT2D eigenvalue weighted by Crippen LogP contribution is -2.28. The van der Waals surface area contributed by atoms with Gasteiger partial charge in [0.1, 0.15) is 11.5 Å². The van der Waals surface area contributed by atoms with Crippen molar-refractivity contribution in [3.8, 4) is 11.5 Å². The Morgan fingerprint density at radius 1 is 1.19 bits per heavy atom. The van der Waals surface area contributed by atoms with Crippen molar-refractivity contribution in [1.82, 2.24) is 5.32 Å². The first-order valence-corrected chi connectivity index (χ1v) is 8.71. The van der Waals surface area contributed by atoms with E-state index in [2.05, 4.69) is 10.6 Å². The molecular formula is C19H20ClN3O4. The lowest BCUT2D eigenvalue weighted by atomic mass is 10.1. The summed E-state index contributed by atoms with van der Waals surface area (Å²) in [7, 11) is 3.00. The number of nitrogens with one attached hydrogen (secondary N) is 2. The van der Waals surface area contributed by atoms with Crippen molar-refractivity contribution < 1.29 is 19.1 Å². The highest BCUT2D eigenvalue weighted by molar-refractivity contribution is 6.32. The summed E-state index contributed by atoms with van der Waals surface area (Å²) in [6.07, 6.45) is 0. The summed E-state index contributed by atoms with van der Waals surface area (Å²) >= 11 is 6.15. The van der Waals surface area contributed by atoms with Gasteiger partial charge < -0.3 is 20.1 Å². The standard InChI is InChI=1S/C19H20ClN3O4/c1-11-8-12(4-5-15(11)23-7-6-21-19(23)25)18(24)22-14-9-13(20)16(26-2)10-17(14)27-3/h4-5,8-10H,6-7H2,1-3H3,(H,21,25)(H,22,24). The number of carbonyl (C=O) groups is 2. The van der Waals surface area contributed by atoms with Crippen LogP contribution in [0.3, 0.4) is 0 Å². The third-order valence-corrected chi connectivity index (χ3v) is 4.62. The zero-order chi connectivity index (χ0) is 19.6. The summed E-state index contributed by atoms with van der Waals surface area (Å²) < 4.78 is 10.5. The van der Waals surface area contributed by atoms with Gasteiger partial charge in [-0.1, -0.05) is 11.6 Å². The molecule has 27 heavy (non-hydrogen) atoms. The zero-order valence-electron chi connectivity index (χ0n) is 15.3. The Morgan fingerprint density at radius 2 is 1.93 bits per heavy atom. The van der Waals surface area contributed by atoms with Crippen molar-refractivity contribution >= 4 is 34.9 Å². The Bertz CT molecular complexity index is 901. The lowest BCUT2D eigenvalue weighted by molar-refractivity contribution is 0.102. The fourth-order valence-corrected chi connectivity index (χ4v) is 3.19. The van der Waals surface area contributed by atoms with Crippen molar-refractivity contribution in [2.45, 2.75) is 6.92 Å². The van der Waals surface area contributed by atoms with Gasteiger partial charge in [-0.05, 0) is 36.8 Å². The number of anilines is 2. The number of benzene rings is 2. The van der Waals surface area contributed by atoms with E-state index in [1.165, 1.54) is 14.2 Å². The van der Waals surface area contributed by atoms with Gasteiger partial charge in [0.25, 0.3) is 5.91 Å². The molecule has 1 saturated heterocycles. The minimum Gasteiger partial charge on any atom is -0.495 e. The van der Waals surface area contributed by atoms with E-state index < -0.39 is 0 Å². The van der Waals surface area contributed by atoms with Crippen LogP contribution in [0.1, 0.15) is 15.9 Å². The van der Waals surface area contributed by atoms with E-state index in [-0.39, 0.29) is 11.9 Å². The molecule has 2 aromatic rings. The molecule has 2 N–H and O–H groups in total. The quantitative estimate of drug-likeness (QED) is 0.820. The normalized spacial score (nSPS) is 13.3. The van der Waals surface area contributed by atoms with Gasteiger partial charge in [0.2, 0.25) is 0 Å². The van der Waals surface area contributed by atoms with Crippen LogP contribution in [-0.2, 0) is 0 Å². The summed E-state index contributed by atoms with van der Waals surface area (Å²) in [6, 6.07) is 8.25. The average molecular weight is 390 g/mol. The van der Waals surface area contributed by atoms with Gasteiger partial charge in [-0.25, -0.2) is 4.79 Å². The number of amides is 3. The molecule has 1 heterocycles. The molecule has 0 aliphatic carbocycles. The highest BCUT2D eigenvalue weighted by atomic mass is 35.5. The maximum absolute atomic E-state index is 12.7. The van der Waals surface area contributed by atoms with Gasteiger partial charge in [-0.3, -0.25) is 9.69 Å². The van der Waals surface area contributed by atoms with Crippen LogP contribution in [0.15, 0.2) is 30.3 Å². The highest BCUT2D eigenvalue weighted by Gasteiger charge is 2.23. The highest BCUT2D eigenvalue weighted by Crippen LogP contribution is 2.36. The molecule has 1 aliphatic rings. The Morgan fingerprint density at radius 3 is 2.52 bits per heavy atom. The second kappa shape index (κ2) is 7.75. The van der Waals surface area contributed by atoms with Crippen LogP contribution in [0, 0.1) is 6.92 Å². The summed E-state index contributed by atoms with van der Waals surface area (Å²) in [5.74, 6) is 0.581. The molecule has 3 amide bonds. The molecule has 3 rings (SSSR count). The lowest BCUT2D eigenvalue weighted by Gasteiger charge is -2.18. The monoisotopic (exact) mass is 389 g/mol. The van der Waals surface area contributed by atoms with Crippen LogP contribution in [0.4, 0.5) is 16.2 Å². The van der Waals surface area contributed by atoms with Crippen LogP contribution < -0.4 is 25.0 Å². The number of halogens is 1. The molecule has 7 nitrogen and oxygen atoms in total. The van der Waals surface area contributed by atoms with E-state index in [4.69, 9.17) is 21.1 Å². The van der Waals surface area contributed by atoms with Gasteiger partial charge >= 0.3 is 6.03 Å². The van der Waals surface area contributed by atoms with E-state index in [1.807, 2.05) is 6.92 Å². The van der Waals surface area contributed by atoms with Gasteiger partial charge in [-0.15, -0.1) is 0 Å². The van der Waals surface area contributed by atoms with Crippen LogP contribution in [-0.4, -0.2) is 39.2 Å². The summed E-state index contributed by atoms with van der Waals surface area (Å²) in [4.78, 5) is 26.2. The Labute approximate surface area is 162 Å². The average Bonchev–Trinajstić information content (AvgIpc) is 3.07. The minimum atomic E-state index is -0.310. The molecule has 0 aromatic heterocycles. The first-order chi connectivity index (χ1) is 12.9. The summed E-state index contributed by atoms with van der Waals surface area (Å²) in [5, 5.41) is 5.92. The molecule has 0 saturated carbocycles.